The van der Waals surface area contributed by atoms with Crippen LogP contribution in [-0.2, 0) is 11.8 Å². The third-order valence-corrected chi connectivity index (χ3v) is 6.27. The SMILES string of the molecule is CCCCCCCCOc1c(OCC=C(C)C)c2ccc(NC(=O)C=Cc3ccccc3)cc2n(C)c1=O. The smallest absolute Gasteiger partial charge is 0.297 e. The van der Waals surface area contributed by atoms with Gasteiger partial charge in [-0.1, -0.05) is 74.9 Å². The summed E-state index contributed by atoms with van der Waals surface area (Å²) in [6.07, 6.45) is 12.0. The quantitative estimate of drug-likeness (QED) is 0.139. The third-order valence-electron chi connectivity index (χ3n) is 6.27. The zero-order valence-corrected chi connectivity index (χ0v) is 23.1. The summed E-state index contributed by atoms with van der Waals surface area (Å²) >= 11 is 0. The molecule has 6 nitrogen and oxygen atoms in total. The average molecular weight is 517 g/mol. The van der Waals surface area contributed by atoms with Crippen LogP contribution in [0.15, 0.2) is 71.1 Å². The highest BCUT2D eigenvalue weighted by Crippen LogP contribution is 2.34. The number of rotatable bonds is 14. The molecule has 0 spiro atoms. The summed E-state index contributed by atoms with van der Waals surface area (Å²) in [4.78, 5) is 25.9. The number of nitrogens with zero attached hydrogens (tertiary/aromatic N) is 1. The van der Waals surface area contributed by atoms with Crippen LogP contribution < -0.4 is 20.3 Å². The monoisotopic (exact) mass is 516 g/mol. The highest BCUT2D eigenvalue weighted by Gasteiger charge is 2.19. The number of allylic oxidation sites excluding steroid dienone is 1. The Labute approximate surface area is 226 Å². The molecule has 0 aliphatic heterocycles. The molecule has 0 saturated heterocycles. The number of aromatic nitrogens is 1. The van der Waals surface area contributed by atoms with Crippen molar-refractivity contribution in [2.24, 2.45) is 7.05 Å². The first-order valence-electron chi connectivity index (χ1n) is 13.5. The van der Waals surface area contributed by atoms with Gasteiger partial charge in [-0.15, -0.1) is 0 Å². The Balaban J connectivity index is 1.84. The minimum atomic E-state index is -0.261. The number of amides is 1. The Morgan fingerprint density at radius 1 is 0.947 bits per heavy atom. The summed E-state index contributed by atoms with van der Waals surface area (Å²) in [5, 5.41) is 3.64. The molecule has 0 radical (unpaired) electrons. The first-order valence-corrected chi connectivity index (χ1v) is 13.5. The van der Waals surface area contributed by atoms with E-state index in [1.807, 2.05) is 62.4 Å². The molecule has 38 heavy (non-hydrogen) atoms. The van der Waals surface area contributed by atoms with Gasteiger partial charge in [-0.2, -0.15) is 0 Å². The van der Waals surface area contributed by atoms with Crippen molar-refractivity contribution < 1.29 is 14.3 Å². The average Bonchev–Trinajstić information content (AvgIpc) is 2.91. The minimum absolute atomic E-state index is 0.235. The Morgan fingerprint density at radius 3 is 2.42 bits per heavy atom. The van der Waals surface area contributed by atoms with Crippen molar-refractivity contribution in [3.05, 3.63) is 82.2 Å². The number of fused-ring (bicyclic) bond motifs is 1. The lowest BCUT2D eigenvalue weighted by Gasteiger charge is -2.17. The van der Waals surface area contributed by atoms with E-state index >= 15 is 0 Å². The predicted molar refractivity (Wildman–Crippen MR) is 157 cm³/mol. The minimum Gasteiger partial charge on any atom is -0.485 e. The normalized spacial score (nSPS) is 11.1. The van der Waals surface area contributed by atoms with E-state index in [9.17, 15) is 9.59 Å². The Morgan fingerprint density at radius 2 is 1.68 bits per heavy atom. The number of pyridine rings is 1. The van der Waals surface area contributed by atoms with Crippen molar-refractivity contribution in [3.8, 4) is 11.5 Å². The lowest BCUT2D eigenvalue weighted by molar-refractivity contribution is -0.111. The van der Waals surface area contributed by atoms with Gasteiger partial charge in [-0.05, 0) is 56.2 Å². The number of benzene rings is 2. The van der Waals surface area contributed by atoms with Crippen LogP contribution in [0, 0.1) is 0 Å². The molecular formula is C32H40N2O4. The molecule has 0 bridgehead atoms. The maximum atomic E-state index is 13.3. The fourth-order valence-corrected chi connectivity index (χ4v) is 4.10. The topological polar surface area (TPSA) is 69.6 Å². The zero-order chi connectivity index (χ0) is 27.3. The van der Waals surface area contributed by atoms with E-state index in [1.165, 1.54) is 31.8 Å². The van der Waals surface area contributed by atoms with Gasteiger partial charge >= 0.3 is 0 Å². The Hall–Kier alpha value is -3.80. The summed E-state index contributed by atoms with van der Waals surface area (Å²) in [5.74, 6) is 0.420. The lowest BCUT2D eigenvalue weighted by atomic mass is 10.1. The van der Waals surface area contributed by atoms with Gasteiger partial charge in [0, 0.05) is 24.2 Å². The zero-order valence-electron chi connectivity index (χ0n) is 23.1. The van der Waals surface area contributed by atoms with E-state index in [2.05, 4.69) is 12.2 Å². The first-order chi connectivity index (χ1) is 18.4. The predicted octanol–water partition coefficient (Wildman–Crippen LogP) is 7.27. The Bertz CT molecular complexity index is 1320. The van der Waals surface area contributed by atoms with Gasteiger partial charge in [-0.25, -0.2) is 0 Å². The summed E-state index contributed by atoms with van der Waals surface area (Å²) < 4.78 is 13.7. The van der Waals surface area contributed by atoms with Gasteiger partial charge < -0.3 is 19.4 Å². The van der Waals surface area contributed by atoms with Crippen molar-refractivity contribution in [2.45, 2.75) is 59.3 Å². The van der Waals surface area contributed by atoms with Gasteiger partial charge in [0.1, 0.15) is 6.61 Å². The van der Waals surface area contributed by atoms with Crippen molar-refractivity contribution in [3.63, 3.8) is 0 Å². The lowest BCUT2D eigenvalue weighted by Crippen LogP contribution is -2.22. The fraction of sp³-hybridized carbons (Fsp3) is 0.375. The summed E-state index contributed by atoms with van der Waals surface area (Å²) in [6.45, 7) is 7.01. The molecule has 0 aliphatic carbocycles. The molecule has 0 atom stereocenters. The number of hydrogen-bond acceptors (Lipinski definition) is 4. The van der Waals surface area contributed by atoms with Crippen molar-refractivity contribution in [1.82, 2.24) is 4.57 Å². The molecule has 6 heteroatoms. The van der Waals surface area contributed by atoms with Gasteiger partial charge in [0.05, 0.1) is 12.1 Å². The number of carbonyl (C=O) groups is 1. The maximum absolute atomic E-state index is 13.3. The van der Waals surface area contributed by atoms with Crippen LogP contribution in [0.25, 0.3) is 17.0 Å². The molecule has 1 amide bonds. The van der Waals surface area contributed by atoms with E-state index in [0.29, 0.717) is 30.2 Å². The van der Waals surface area contributed by atoms with E-state index in [-0.39, 0.29) is 17.2 Å². The molecule has 0 unspecified atom stereocenters. The summed E-state index contributed by atoms with van der Waals surface area (Å²) in [7, 11) is 1.71. The number of anilines is 1. The second kappa shape index (κ2) is 14.8. The summed E-state index contributed by atoms with van der Waals surface area (Å²) in [6, 6.07) is 15.1. The second-order valence-corrected chi connectivity index (χ2v) is 9.70. The molecular weight excluding hydrogens is 476 g/mol. The van der Waals surface area contributed by atoms with E-state index in [0.717, 1.165) is 29.4 Å². The molecule has 202 valence electrons. The molecule has 1 N–H and O–H groups in total. The van der Waals surface area contributed by atoms with Crippen molar-refractivity contribution >= 4 is 28.6 Å². The van der Waals surface area contributed by atoms with Crippen LogP contribution in [-0.4, -0.2) is 23.7 Å². The number of nitrogens with one attached hydrogen (secondary N) is 1. The highest BCUT2D eigenvalue weighted by atomic mass is 16.5. The van der Waals surface area contributed by atoms with Crippen LogP contribution in [0.5, 0.6) is 11.5 Å². The van der Waals surface area contributed by atoms with Gasteiger partial charge in [-0.3, -0.25) is 9.59 Å². The number of hydrogen-bond donors (Lipinski definition) is 1. The van der Waals surface area contributed by atoms with Crippen LogP contribution in [0.1, 0.15) is 64.9 Å². The molecule has 0 aliphatic rings. The maximum Gasteiger partial charge on any atom is 0.297 e. The number of aryl methyl sites for hydroxylation is 1. The number of ether oxygens (including phenoxy) is 2. The second-order valence-electron chi connectivity index (χ2n) is 9.70. The van der Waals surface area contributed by atoms with Gasteiger partial charge in [0.2, 0.25) is 11.7 Å². The standard InChI is InChI=1S/C32H40N2O4/c1-5-6-7-8-9-13-21-37-31-30(38-22-20-24(2)3)27-18-17-26(23-28(27)34(4)32(31)36)33-29(35)19-16-25-14-11-10-12-15-25/h10-12,14-20,23H,5-9,13,21-22H2,1-4H3,(H,33,35). The highest BCUT2D eigenvalue weighted by molar-refractivity contribution is 6.03. The number of carbonyl (C=O) groups excluding carboxylic acids is 1. The van der Waals surface area contributed by atoms with Crippen LogP contribution >= 0.6 is 0 Å². The van der Waals surface area contributed by atoms with Gasteiger partial charge in [0.25, 0.3) is 5.56 Å². The van der Waals surface area contributed by atoms with Crippen LogP contribution in [0.4, 0.5) is 5.69 Å². The van der Waals surface area contributed by atoms with Crippen molar-refractivity contribution in [2.75, 3.05) is 18.5 Å². The van der Waals surface area contributed by atoms with E-state index in [1.54, 1.807) is 23.8 Å². The molecule has 2 aromatic carbocycles. The first kappa shape index (κ1) is 28.8. The third kappa shape index (κ3) is 8.37. The van der Waals surface area contributed by atoms with E-state index < -0.39 is 0 Å². The molecule has 0 saturated carbocycles. The number of unbranched alkanes of at least 4 members (excludes halogenated alkanes) is 5. The largest absolute Gasteiger partial charge is 0.485 e. The van der Waals surface area contributed by atoms with Gasteiger partial charge in [0.15, 0.2) is 5.75 Å². The molecule has 3 rings (SSSR count). The molecule has 0 fully saturated rings. The fourth-order valence-electron chi connectivity index (χ4n) is 4.10. The summed E-state index contributed by atoms with van der Waals surface area (Å²) in [5.41, 5.74) is 3.05. The van der Waals surface area contributed by atoms with Crippen molar-refractivity contribution in [1.29, 1.82) is 0 Å². The molecule has 3 aromatic rings. The van der Waals surface area contributed by atoms with Crippen LogP contribution in [0.3, 0.4) is 0 Å². The molecule has 1 heterocycles. The Kier molecular flexibility index (Phi) is 11.2. The van der Waals surface area contributed by atoms with Crippen LogP contribution in [0.2, 0.25) is 0 Å². The van der Waals surface area contributed by atoms with E-state index in [4.69, 9.17) is 9.47 Å². The molecule has 1 aromatic heterocycles.